The van der Waals surface area contributed by atoms with Crippen LogP contribution in [0.4, 0.5) is 0 Å². The van der Waals surface area contributed by atoms with Gasteiger partial charge in [0, 0.05) is 19.0 Å². The van der Waals surface area contributed by atoms with Crippen LogP contribution in [-0.4, -0.2) is 27.1 Å². The lowest BCUT2D eigenvalue weighted by molar-refractivity contribution is -0.119. The minimum atomic E-state index is -1.25. The van der Waals surface area contributed by atoms with Gasteiger partial charge in [-0.05, 0) is 22.9 Å². The number of nitrogens with one attached hydrogen (secondary N) is 1. The second kappa shape index (κ2) is 5.30. The van der Waals surface area contributed by atoms with E-state index in [0.29, 0.717) is 12.1 Å². The molecule has 0 atom stereocenters. The average molecular weight is 261 g/mol. The van der Waals surface area contributed by atoms with Gasteiger partial charge in [0.15, 0.2) is 0 Å². The maximum Gasteiger partial charge on any atom is 0.377 e. The van der Waals surface area contributed by atoms with Gasteiger partial charge < -0.3 is 14.9 Å². The van der Waals surface area contributed by atoms with Crippen LogP contribution in [0.1, 0.15) is 23.1 Å². The Morgan fingerprint density at radius 1 is 1.42 bits per heavy atom. The standard InChI is InChI=1S/C12H11N3O4/c1-7(16)13-6-8-3-2-4-9(5-8)11-14-10(12(17)18)15-19-11/h2-5H,6H2,1H3,(H,13,16)(H,17,18). The molecule has 1 amide bonds. The number of amides is 1. The molecule has 2 aromatic rings. The van der Waals surface area contributed by atoms with Gasteiger partial charge in [-0.15, -0.1) is 0 Å². The van der Waals surface area contributed by atoms with Crippen molar-refractivity contribution in [1.29, 1.82) is 0 Å². The van der Waals surface area contributed by atoms with Crippen LogP contribution < -0.4 is 5.32 Å². The fourth-order valence-corrected chi connectivity index (χ4v) is 1.47. The molecule has 0 aliphatic carbocycles. The van der Waals surface area contributed by atoms with Crippen molar-refractivity contribution < 1.29 is 19.2 Å². The molecule has 0 spiro atoms. The zero-order valence-corrected chi connectivity index (χ0v) is 10.1. The highest BCUT2D eigenvalue weighted by molar-refractivity contribution is 5.83. The summed E-state index contributed by atoms with van der Waals surface area (Å²) in [5.74, 6) is -1.63. The Morgan fingerprint density at radius 3 is 2.84 bits per heavy atom. The summed E-state index contributed by atoms with van der Waals surface area (Å²) in [6.45, 7) is 1.81. The molecule has 1 heterocycles. The lowest BCUT2D eigenvalue weighted by atomic mass is 10.1. The Morgan fingerprint density at radius 2 is 2.21 bits per heavy atom. The van der Waals surface area contributed by atoms with E-state index in [0.717, 1.165) is 5.56 Å². The van der Waals surface area contributed by atoms with Gasteiger partial charge in [-0.2, -0.15) is 4.98 Å². The molecule has 1 aromatic heterocycles. The SMILES string of the molecule is CC(=O)NCc1cccc(-c2nc(C(=O)O)no2)c1. The maximum atomic E-state index is 10.8. The van der Waals surface area contributed by atoms with Crippen LogP contribution in [0.5, 0.6) is 0 Å². The van der Waals surface area contributed by atoms with E-state index in [1.807, 2.05) is 6.07 Å². The summed E-state index contributed by atoms with van der Waals surface area (Å²) in [7, 11) is 0. The first-order chi connectivity index (χ1) is 9.06. The van der Waals surface area contributed by atoms with E-state index >= 15 is 0 Å². The van der Waals surface area contributed by atoms with E-state index < -0.39 is 5.97 Å². The Hall–Kier alpha value is -2.70. The fraction of sp³-hybridized carbons (Fsp3) is 0.167. The molecule has 0 fully saturated rings. The molecular weight excluding hydrogens is 250 g/mol. The number of carboxylic acids is 1. The third-order valence-corrected chi connectivity index (χ3v) is 2.33. The highest BCUT2D eigenvalue weighted by Gasteiger charge is 2.14. The molecule has 7 nitrogen and oxygen atoms in total. The molecule has 0 unspecified atom stereocenters. The predicted octanol–water partition coefficient (Wildman–Crippen LogP) is 1.07. The zero-order valence-electron chi connectivity index (χ0n) is 10.1. The molecule has 0 aliphatic heterocycles. The summed E-state index contributed by atoms with van der Waals surface area (Å²) < 4.78 is 4.86. The van der Waals surface area contributed by atoms with Gasteiger partial charge in [0.05, 0.1) is 0 Å². The molecule has 0 aliphatic rings. The minimum Gasteiger partial charge on any atom is -0.475 e. The van der Waals surface area contributed by atoms with Crippen molar-refractivity contribution in [3.63, 3.8) is 0 Å². The summed E-state index contributed by atoms with van der Waals surface area (Å²) in [5, 5.41) is 14.7. The number of carbonyl (C=O) groups is 2. The summed E-state index contributed by atoms with van der Waals surface area (Å²) >= 11 is 0. The van der Waals surface area contributed by atoms with Gasteiger partial charge in [-0.1, -0.05) is 12.1 Å². The number of carboxylic acid groups (broad SMARTS) is 1. The number of benzene rings is 1. The Bertz CT molecular complexity index is 621. The lowest BCUT2D eigenvalue weighted by Gasteiger charge is -2.03. The van der Waals surface area contributed by atoms with Gasteiger partial charge in [-0.25, -0.2) is 4.79 Å². The van der Waals surface area contributed by atoms with E-state index in [-0.39, 0.29) is 17.6 Å². The highest BCUT2D eigenvalue weighted by Crippen LogP contribution is 2.18. The first-order valence-electron chi connectivity index (χ1n) is 5.47. The monoisotopic (exact) mass is 261 g/mol. The number of carbonyl (C=O) groups excluding carboxylic acids is 1. The van der Waals surface area contributed by atoms with E-state index in [1.165, 1.54) is 6.92 Å². The van der Waals surface area contributed by atoms with Crippen molar-refractivity contribution >= 4 is 11.9 Å². The molecule has 98 valence electrons. The van der Waals surface area contributed by atoms with Crippen LogP contribution >= 0.6 is 0 Å². The fourth-order valence-electron chi connectivity index (χ4n) is 1.47. The van der Waals surface area contributed by atoms with Crippen LogP contribution in [0.25, 0.3) is 11.5 Å². The van der Waals surface area contributed by atoms with Crippen LogP contribution in [0, 0.1) is 0 Å². The normalized spacial score (nSPS) is 10.2. The quantitative estimate of drug-likeness (QED) is 0.852. The second-order valence-corrected chi connectivity index (χ2v) is 3.84. The first-order valence-corrected chi connectivity index (χ1v) is 5.47. The molecular formula is C12H11N3O4. The minimum absolute atomic E-state index is 0.127. The van der Waals surface area contributed by atoms with Crippen LogP contribution in [0.2, 0.25) is 0 Å². The Balaban J connectivity index is 2.21. The van der Waals surface area contributed by atoms with Gasteiger partial charge in [-0.3, -0.25) is 4.79 Å². The molecule has 2 rings (SSSR count). The van der Waals surface area contributed by atoms with Gasteiger partial charge >= 0.3 is 5.97 Å². The first kappa shape index (κ1) is 12.7. The topological polar surface area (TPSA) is 105 Å². The average Bonchev–Trinajstić information content (AvgIpc) is 2.86. The molecule has 19 heavy (non-hydrogen) atoms. The largest absolute Gasteiger partial charge is 0.475 e. The summed E-state index contributed by atoms with van der Waals surface area (Å²) in [6.07, 6.45) is 0. The third-order valence-electron chi connectivity index (χ3n) is 2.33. The maximum absolute atomic E-state index is 10.8. The van der Waals surface area contributed by atoms with Crippen molar-refractivity contribution in [1.82, 2.24) is 15.5 Å². The lowest BCUT2D eigenvalue weighted by Crippen LogP contribution is -2.18. The zero-order chi connectivity index (χ0) is 13.8. The summed E-state index contributed by atoms with van der Waals surface area (Å²) in [4.78, 5) is 25.2. The number of aromatic carboxylic acids is 1. The van der Waals surface area contributed by atoms with Crippen LogP contribution in [0.15, 0.2) is 28.8 Å². The molecule has 0 saturated heterocycles. The van der Waals surface area contributed by atoms with E-state index in [2.05, 4.69) is 15.5 Å². The summed E-state index contributed by atoms with van der Waals surface area (Å²) in [5.41, 5.74) is 1.45. The van der Waals surface area contributed by atoms with Gasteiger partial charge in [0.25, 0.3) is 11.7 Å². The van der Waals surface area contributed by atoms with Crippen molar-refractivity contribution in [2.75, 3.05) is 0 Å². The van der Waals surface area contributed by atoms with Crippen molar-refractivity contribution in [3.05, 3.63) is 35.7 Å². The van der Waals surface area contributed by atoms with Gasteiger partial charge in [0.2, 0.25) is 5.91 Å². The molecule has 0 radical (unpaired) electrons. The van der Waals surface area contributed by atoms with Crippen LogP contribution in [-0.2, 0) is 11.3 Å². The van der Waals surface area contributed by atoms with Crippen molar-refractivity contribution in [2.24, 2.45) is 0 Å². The van der Waals surface area contributed by atoms with Gasteiger partial charge in [0.1, 0.15) is 0 Å². The third kappa shape index (κ3) is 3.15. The summed E-state index contributed by atoms with van der Waals surface area (Å²) in [6, 6.07) is 7.05. The molecule has 0 saturated carbocycles. The number of hydrogen-bond acceptors (Lipinski definition) is 5. The second-order valence-electron chi connectivity index (χ2n) is 3.84. The van der Waals surface area contributed by atoms with E-state index in [1.54, 1.807) is 18.2 Å². The molecule has 2 N–H and O–H groups in total. The molecule has 7 heteroatoms. The Labute approximate surface area is 108 Å². The Kier molecular flexibility index (Phi) is 3.56. The number of nitrogens with zero attached hydrogens (tertiary/aromatic N) is 2. The van der Waals surface area contributed by atoms with Crippen LogP contribution in [0.3, 0.4) is 0 Å². The smallest absolute Gasteiger partial charge is 0.377 e. The number of aromatic nitrogens is 2. The number of hydrogen-bond donors (Lipinski definition) is 2. The number of rotatable bonds is 4. The molecule has 0 bridgehead atoms. The van der Waals surface area contributed by atoms with Crippen molar-refractivity contribution in [2.45, 2.75) is 13.5 Å². The highest BCUT2D eigenvalue weighted by atomic mass is 16.5. The van der Waals surface area contributed by atoms with Crippen molar-refractivity contribution in [3.8, 4) is 11.5 Å². The van der Waals surface area contributed by atoms with E-state index in [9.17, 15) is 9.59 Å². The van der Waals surface area contributed by atoms with E-state index in [4.69, 9.17) is 9.63 Å². The molecule has 1 aromatic carbocycles. The predicted molar refractivity (Wildman–Crippen MR) is 64.2 cm³/mol.